The number of aromatic nitrogens is 2. The number of carbonyl (C=O) groups is 1. The lowest BCUT2D eigenvalue weighted by Gasteiger charge is -2.12. The van der Waals surface area contributed by atoms with Crippen molar-refractivity contribution < 1.29 is 4.79 Å². The van der Waals surface area contributed by atoms with Crippen LogP contribution in [0.2, 0.25) is 0 Å². The van der Waals surface area contributed by atoms with E-state index in [0.717, 1.165) is 25.0 Å². The van der Waals surface area contributed by atoms with Gasteiger partial charge in [-0.15, -0.1) is 0 Å². The van der Waals surface area contributed by atoms with Gasteiger partial charge in [-0.2, -0.15) is 0 Å². The van der Waals surface area contributed by atoms with Gasteiger partial charge in [-0.25, -0.2) is 9.97 Å². The Morgan fingerprint density at radius 1 is 1.37 bits per heavy atom. The number of hydrogen-bond acceptors (Lipinski definition) is 4. The Hall–Kier alpha value is -1.65. The molecule has 106 valence electrons. The summed E-state index contributed by atoms with van der Waals surface area (Å²) in [7, 11) is 0. The zero-order valence-electron chi connectivity index (χ0n) is 12.3. The van der Waals surface area contributed by atoms with Gasteiger partial charge in [0.1, 0.15) is 5.69 Å². The highest BCUT2D eigenvalue weighted by molar-refractivity contribution is 5.92. The molecule has 0 aliphatic carbocycles. The minimum absolute atomic E-state index is 0.133. The molecule has 1 amide bonds. The molecule has 5 nitrogen and oxygen atoms in total. The lowest BCUT2D eigenvalue weighted by atomic mass is 10.2. The third-order valence-electron chi connectivity index (χ3n) is 2.89. The normalized spacial score (nSPS) is 12.0. The highest BCUT2D eigenvalue weighted by atomic mass is 16.1. The topological polar surface area (TPSA) is 66.9 Å². The van der Waals surface area contributed by atoms with E-state index in [1.54, 1.807) is 6.07 Å². The maximum Gasteiger partial charge on any atom is 0.270 e. The molecule has 5 heteroatoms. The minimum atomic E-state index is -0.133. The van der Waals surface area contributed by atoms with E-state index in [4.69, 9.17) is 0 Å². The maximum absolute atomic E-state index is 12.0. The summed E-state index contributed by atoms with van der Waals surface area (Å²) >= 11 is 0. The largest absolute Gasteiger partial charge is 0.352 e. The predicted octanol–water partition coefficient (Wildman–Crippen LogP) is 2.53. The number of nitrogens with one attached hydrogen (secondary N) is 2. The summed E-state index contributed by atoms with van der Waals surface area (Å²) < 4.78 is 0. The van der Waals surface area contributed by atoms with Gasteiger partial charge < -0.3 is 10.6 Å². The van der Waals surface area contributed by atoms with Crippen LogP contribution in [0.5, 0.6) is 0 Å². The number of aryl methyl sites for hydroxylation is 1. The van der Waals surface area contributed by atoms with Crippen LogP contribution in [0.4, 0.5) is 5.95 Å². The Bertz CT molecular complexity index is 420. The number of carbonyl (C=O) groups excluding carboxylic acids is 1. The van der Waals surface area contributed by atoms with E-state index in [2.05, 4.69) is 41.4 Å². The number of unbranched alkanes of at least 4 members (excludes halogenated alkanes) is 1. The molecule has 0 aromatic carbocycles. The van der Waals surface area contributed by atoms with Gasteiger partial charge in [0.05, 0.1) is 0 Å². The van der Waals surface area contributed by atoms with Gasteiger partial charge in [0, 0.05) is 18.3 Å². The minimum Gasteiger partial charge on any atom is -0.352 e. The molecule has 0 bridgehead atoms. The molecule has 2 N–H and O–H groups in total. The van der Waals surface area contributed by atoms with Crippen molar-refractivity contribution in [1.29, 1.82) is 0 Å². The first kappa shape index (κ1) is 15.4. The van der Waals surface area contributed by atoms with E-state index in [0.29, 0.717) is 18.2 Å². The summed E-state index contributed by atoms with van der Waals surface area (Å²) in [6.07, 6.45) is 3.02. The fourth-order valence-electron chi connectivity index (χ4n) is 1.54. The summed E-state index contributed by atoms with van der Waals surface area (Å²) in [4.78, 5) is 20.5. The van der Waals surface area contributed by atoms with Crippen LogP contribution in [0.1, 0.15) is 56.2 Å². The van der Waals surface area contributed by atoms with Crippen molar-refractivity contribution >= 4 is 11.9 Å². The first-order chi connectivity index (χ1) is 9.06. The van der Waals surface area contributed by atoms with E-state index in [9.17, 15) is 4.79 Å². The van der Waals surface area contributed by atoms with E-state index >= 15 is 0 Å². The molecule has 0 fully saturated rings. The van der Waals surface area contributed by atoms with Crippen molar-refractivity contribution in [2.75, 3.05) is 11.9 Å². The standard InChI is InChI=1S/C14H24N4O/c1-5-7-8-15-13(19)12-9-11(4)17-14(18-12)16-10(3)6-2/h9-10H,5-8H2,1-4H3,(H,15,19)(H,16,17,18). The Morgan fingerprint density at radius 3 is 2.74 bits per heavy atom. The molecule has 0 radical (unpaired) electrons. The van der Waals surface area contributed by atoms with Crippen molar-refractivity contribution in [1.82, 2.24) is 15.3 Å². The van der Waals surface area contributed by atoms with E-state index < -0.39 is 0 Å². The van der Waals surface area contributed by atoms with Gasteiger partial charge >= 0.3 is 0 Å². The second-order valence-corrected chi connectivity index (χ2v) is 4.78. The van der Waals surface area contributed by atoms with Crippen LogP contribution in [0.3, 0.4) is 0 Å². The van der Waals surface area contributed by atoms with Crippen molar-refractivity contribution in [3.8, 4) is 0 Å². The van der Waals surface area contributed by atoms with Crippen molar-refractivity contribution in [3.05, 3.63) is 17.5 Å². The van der Waals surface area contributed by atoms with Crippen LogP contribution in [-0.2, 0) is 0 Å². The molecule has 1 heterocycles. The Kier molecular flexibility index (Phi) is 6.25. The Morgan fingerprint density at radius 2 is 2.11 bits per heavy atom. The molecule has 1 aromatic rings. The number of rotatable bonds is 7. The van der Waals surface area contributed by atoms with Gasteiger partial charge in [0.2, 0.25) is 5.95 Å². The van der Waals surface area contributed by atoms with Gasteiger partial charge in [0.25, 0.3) is 5.91 Å². The molecule has 0 aliphatic heterocycles. The van der Waals surface area contributed by atoms with Crippen LogP contribution < -0.4 is 10.6 Å². The van der Waals surface area contributed by atoms with Crippen molar-refractivity contribution in [3.63, 3.8) is 0 Å². The molecule has 0 saturated carbocycles. The van der Waals surface area contributed by atoms with Crippen LogP contribution >= 0.6 is 0 Å². The van der Waals surface area contributed by atoms with Gasteiger partial charge in [-0.3, -0.25) is 4.79 Å². The smallest absolute Gasteiger partial charge is 0.270 e. The van der Waals surface area contributed by atoms with Crippen LogP contribution in [0.15, 0.2) is 6.07 Å². The average molecular weight is 264 g/mol. The number of nitrogens with zero attached hydrogens (tertiary/aromatic N) is 2. The van der Waals surface area contributed by atoms with E-state index in [1.807, 2.05) is 6.92 Å². The molecule has 19 heavy (non-hydrogen) atoms. The maximum atomic E-state index is 12.0. The zero-order valence-corrected chi connectivity index (χ0v) is 12.3. The van der Waals surface area contributed by atoms with Crippen LogP contribution in [0.25, 0.3) is 0 Å². The summed E-state index contributed by atoms with van der Waals surface area (Å²) in [5.41, 5.74) is 1.22. The first-order valence-corrected chi connectivity index (χ1v) is 6.97. The Labute approximate surface area is 115 Å². The van der Waals surface area contributed by atoms with Gasteiger partial charge in [0.15, 0.2) is 0 Å². The fraction of sp³-hybridized carbons (Fsp3) is 0.643. The lowest BCUT2D eigenvalue weighted by Crippen LogP contribution is -2.26. The molecule has 0 aliphatic rings. The molecule has 1 aromatic heterocycles. The molecular weight excluding hydrogens is 240 g/mol. The highest BCUT2D eigenvalue weighted by Gasteiger charge is 2.10. The summed E-state index contributed by atoms with van der Waals surface area (Å²) in [6.45, 7) is 8.80. The molecule has 0 spiro atoms. The van der Waals surface area contributed by atoms with Crippen molar-refractivity contribution in [2.24, 2.45) is 0 Å². The predicted molar refractivity (Wildman–Crippen MR) is 77.4 cm³/mol. The number of anilines is 1. The lowest BCUT2D eigenvalue weighted by molar-refractivity contribution is 0.0948. The summed E-state index contributed by atoms with van der Waals surface area (Å²) in [5, 5.41) is 6.06. The number of amides is 1. The second-order valence-electron chi connectivity index (χ2n) is 4.78. The molecule has 0 saturated heterocycles. The molecular formula is C14H24N4O. The highest BCUT2D eigenvalue weighted by Crippen LogP contribution is 2.07. The van der Waals surface area contributed by atoms with Crippen LogP contribution in [0, 0.1) is 6.92 Å². The van der Waals surface area contributed by atoms with Crippen molar-refractivity contribution in [2.45, 2.75) is 53.0 Å². The summed E-state index contributed by atoms with van der Waals surface area (Å²) in [6, 6.07) is 2.00. The third kappa shape index (κ3) is 5.24. The zero-order chi connectivity index (χ0) is 14.3. The average Bonchev–Trinajstić information content (AvgIpc) is 2.38. The Balaban J connectivity index is 2.75. The fourth-order valence-corrected chi connectivity index (χ4v) is 1.54. The van der Waals surface area contributed by atoms with Gasteiger partial charge in [-0.05, 0) is 32.8 Å². The van der Waals surface area contributed by atoms with E-state index in [-0.39, 0.29) is 11.9 Å². The summed E-state index contributed by atoms with van der Waals surface area (Å²) in [5.74, 6) is 0.390. The molecule has 1 atom stereocenters. The first-order valence-electron chi connectivity index (χ1n) is 6.97. The third-order valence-corrected chi connectivity index (χ3v) is 2.89. The monoisotopic (exact) mass is 264 g/mol. The van der Waals surface area contributed by atoms with E-state index in [1.165, 1.54) is 0 Å². The number of hydrogen-bond donors (Lipinski definition) is 2. The molecule has 1 unspecified atom stereocenters. The van der Waals surface area contributed by atoms with Crippen LogP contribution in [-0.4, -0.2) is 28.5 Å². The quantitative estimate of drug-likeness (QED) is 0.743. The second kappa shape index (κ2) is 7.71. The molecule has 1 rings (SSSR count). The SMILES string of the molecule is CCCCNC(=O)c1cc(C)nc(NC(C)CC)n1. The van der Waals surface area contributed by atoms with Gasteiger partial charge in [-0.1, -0.05) is 20.3 Å².